The first kappa shape index (κ1) is 27.3. The Labute approximate surface area is 273 Å². The van der Waals surface area contributed by atoms with Crippen LogP contribution >= 0.6 is 0 Å². The Balaban J connectivity index is 1.31. The minimum Gasteiger partial charge on any atom is -0.255 e. The summed E-state index contributed by atoms with van der Waals surface area (Å²) in [6.45, 7) is 4.67. The lowest BCUT2D eigenvalue weighted by Gasteiger charge is -2.25. The van der Waals surface area contributed by atoms with Gasteiger partial charge in [0.1, 0.15) is 0 Å². The van der Waals surface area contributed by atoms with E-state index in [1.54, 1.807) is 0 Å². The number of aromatic nitrogens is 4. The molecule has 0 fully saturated rings. The predicted octanol–water partition coefficient (Wildman–Crippen LogP) is 10.5. The van der Waals surface area contributed by atoms with Crippen LogP contribution in [-0.2, 0) is 5.41 Å². The highest BCUT2D eigenvalue weighted by Crippen LogP contribution is 2.53. The zero-order valence-electron chi connectivity index (χ0n) is 26.1. The van der Waals surface area contributed by atoms with Crippen molar-refractivity contribution in [3.05, 3.63) is 157 Å². The van der Waals surface area contributed by atoms with Crippen LogP contribution in [0, 0.1) is 0 Å². The molecule has 0 atom stereocenters. The molecule has 4 aromatic carbocycles. The Morgan fingerprint density at radius 3 is 1.91 bits per heavy atom. The highest BCUT2D eigenvalue weighted by Gasteiger charge is 2.39. The Morgan fingerprint density at radius 1 is 0.489 bits per heavy atom. The van der Waals surface area contributed by atoms with Crippen LogP contribution in [0.1, 0.15) is 25.0 Å². The molecule has 0 radical (unpaired) electrons. The van der Waals surface area contributed by atoms with E-state index >= 15 is 0 Å². The summed E-state index contributed by atoms with van der Waals surface area (Å²) in [7, 11) is 0. The van der Waals surface area contributed by atoms with E-state index in [9.17, 15) is 0 Å². The van der Waals surface area contributed by atoms with Crippen LogP contribution in [0.4, 0.5) is 0 Å². The smallest absolute Gasteiger partial charge is 0.0900 e. The Morgan fingerprint density at radius 2 is 1.17 bits per heavy atom. The third-order valence-corrected chi connectivity index (χ3v) is 9.53. The van der Waals surface area contributed by atoms with Gasteiger partial charge in [0.2, 0.25) is 0 Å². The number of fused-ring (bicyclic) bond motifs is 6. The van der Waals surface area contributed by atoms with E-state index in [2.05, 4.69) is 121 Å². The van der Waals surface area contributed by atoms with Crippen molar-refractivity contribution in [2.45, 2.75) is 19.3 Å². The van der Waals surface area contributed by atoms with E-state index in [-0.39, 0.29) is 5.41 Å². The number of hydrogen-bond donors (Lipinski definition) is 0. The summed E-state index contributed by atoms with van der Waals surface area (Å²) in [5.41, 5.74) is 13.5. The summed E-state index contributed by atoms with van der Waals surface area (Å²) in [5, 5.41) is 3.53. The van der Waals surface area contributed by atoms with Crippen LogP contribution in [0.25, 0.3) is 78.0 Å². The van der Waals surface area contributed by atoms with E-state index in [0.717, 1.165) is 50.7 Å². The summed E-state index contributed by atoms with van der Waals surface area (Å²) >= 11 is 0. The maximum atomic E-state index is 5.46. The van der Waals surface area contributed by atoms with Gasteiger partial charge in [0.05, 0.1) is 34.0 Å². The van der Waals surface area contributed by atoms with Gasteiger partial charge in [0, 0.05) is 34.1 Å². The van der Waals surface area contributed by atoms with E-state index in [4.69, 9.17) is 9.97 Å². The third-order valence-electron chi connectivity index (χ3n) is 9.53. The van der Waals surface area contributed by atoms with Crippen molar-refractivity contribution in [1.29, 1.82) is 0 Å². The van der Waals surface area contributed by atoms with Crippen molar-refractivity contribution in [3.63, 3.8) is 0 Å². The summed E-state index contributed by atoms with van der Waals surface area (Å²) in [6, 6.07) is 46.8. The second-order valence-electron chi connectivity index (χ2n) is 12.7. The molecule has 4 heterocycles. The number of nitrogens with zero attached hydrogens (tertiary/aromatic N) is 4. The minimum atomic E-state index is -0.223. The van der Waals surface area contributed by atoms with Crippen LogP contribution in [0.15, 0.2) is 146 Å². The van der Waals surface area contributed by atoms with Crippen molar-refractivity contribution < 1.29 is 0 Å². The SMILES string of the molecule is CC1(C)c2ccccc2-c2nc3c(ccc4ccccc43)c(-c3cccc(-c4cc(-c5ccccn5)nc(-c5ccccn5)c4)c3)c21. The van der Waals surface area contributed by atoms with Gasteiger partial charge in [-0.05, 0) is 81.2 Å². The Bertz CT molecular complexity index is 2430. The van der Waals surface area contributed by atoms with Gasteiger partial charge in [-0.15, -0.1) is 0 Å². The molecule has 4 heteroatoms. The summed E-state index contributed by atoms with van der Waals surface area (Å²) in [4.78, 5) is 19.7. The lowest BCUT2D eigenvalue weighted by Crippen LogP contribution is -2.16. The molecule has 0 bridgehead atoms. The van der Waals surface area contributed by atoms with Crippen molar-refractivity contribution in [2.24, 2.45) is 0 Å². The number of benzene rings is 4. The van der Waals surface area contributed by atoms with E-state index in [1.807, 2.05) is 48.8 Å². The molecule has 0 spiro atoms. The summed E-state index contributed by atoms with van der Waals surface area (Å²) < 4.78 is 0. The zero-order chi connectivity index (χ0) is 31.5. The Kier molecular flexibility index (Phi) is 6.12. The number of hydrogen-bond acceptors (Lipinski definition) is 4. The molecule has 1 aliphatic rings. The average molecular weight is 603 g/mol. The van der Waals surface area contributed by atoms with Crippen molar-refractivity contribution in [2.75, 3.05) is 0 Å². The molecule has 222 valence electrons. The van der Waals surface area contributed by atoms with E-state index in [0.29, 0.717) is 0 Å². The highest BCUT2D eigenvalue weighted by atomic mass is 14.8. The van der Waals surface area contributed by atoms with Gasteiger partial charge in [0.15, 0.2) is 0 Å². The molecule has 47 heavy (non-hydrogen) atoms. The van der Waals surface area contributed by atoms with E-state index < -0.39 is 0 Å². The quantitative estimate of drug-likeness (QED) is 0.188. The number of rotatable bonds is 4. The van der Waals surface area contributed by atoms with Crippen molar-refractivity contribution in [3.8, 4) is 56.3 Å². The summed E-state index contributed by atoms with van der Waals surface area (Å²) in [5.74, 6) is 0. The van der Waals surface area contributed by atoms with Gasteiger partial charge in [-0.25, -0.2) is 9.97 Å². The molecule has 0 N–H and O–H groups in total. The molecule has 4 nitrogen and oxygen atoms in total. The van der Waals surface area contributed by atoms with Crippen LogP contribution in [0.3, 0.4) is 0 Å². The van der Waals surface area contributed by atoms with Gasteiger partial charge in [-0.3, -0.25) is 9.97 Å². The molecule has 0 saturated heterocycles. The zero-order valence-corrected chi connectivity index (χ0v) is 26.1. The molecular formula is C43H30N4. The average Bonchev–Trinajstić information content (AvgIpc) is 3.37. The largest absolute Gasteiger partial charge is 0.255 e. The molecule has 0 unspecified atom stereocenters. The molecule has 0 saturated carbocycles. The third kappa shape index (κ3) is 4.37. The monoisotopic (exact) mass is 602 g/mol. The van der Waals surface area contributed by atoms with Crippen LogP contribution in [0.2, 0.25) is 0 Å². The fourth-order valence-electron chi connectivity index (χ4n) is 7.31. The predicted molar refractivity (Wildman–Crippen MR) is 192 cm³/mol. The maximum Gasteiger partial charge on any atom is 0.0900 e. The molecular weight excluding hydrogens is 573 g/mol. The minimum absolute atomic E-state index is 0.223. The van der Waals surface area contributed by atoms with Crippen LogP contribution in [-0.4, -0.2) is 19.9 Å². The fourth-order valence-corrected chi connectivity index (χ4v) is 7.31. The lowest BCUT2D eigenvalue weighted by atomic mass is 9.78. The summed E-state index contributed by atoms with van der Waals surface area (Å²) in [6.07, 6.45) is 3.62. The van der Waals surface area contributed by atoms with Crippen LogP contribution in [0.5, 0.6) is 0 Å². The molecule has 0 aliphatic heterocycles. The van der Waals surface area contributed by atoms with Gasteiger partial charge in [-0.2, -0.15) is 0 Å². The number of pyridine rings is 4. The molecule has 4 aromatic heterocycles. The topological polar surface area (TPSA) is 51.6 Å². The van der Waals surface area contributed by atoms with Gasteiger partial charge in [-0.1, -0.05) is 105 Å². The first-order valence-corrected chi connectivity index (χ1v) is 16.0. The van der Waals surface area contributed by atoms with E-state index in [1.165, 1.54) is 38.4 Å². The first-order valence-electron chi connectivity index (χ1n) is 16.0. The van der Waals surface area contributed by atoms with Gasteiger partial charge in [0.25, 0.3) is 0 Å². The second-order valence-corrected chi connectivity index (χ2v) is 12.7. The first-order chi connectivity index (χ1) is 23.1. The van der Waals surface area contributed by atoms with Crippen molar-refractivity contribution >= 4 is 21.7 Å². The maximum absolute atomic E-state index is 5.46. The molecule has 0 amide bonds. The molecule has 8 aromatic rings. The highest BCUT2D eigenvalue weighted by molar-refractivity contribution is 6.13. The Hall–Kier alpha value is -6.00. The normalized spacial score (nSPS) is 13.1. The van der Waals surface area contributed by atoms with Gasteiger partial charge < -0.3 is 0 Å². The van der Waals surface area contributed by atoms with Gasteiger partial charge >= 0.3 is 0 Å². The molecule has 9 rings (SSSR count). The standard InChI is InChI=1S/C43H30N4/c1-43(2)34-17-6-5-16-32(34)42-40(43)39(33-21-20-27-12-3-4-15-31(27)41(33)47-42)29-14-11-13-28(24-29)30-25-37(35-18-7-9-22-44-35)46-38(26-30)36-19-8-10-23-45-36/h3-26H,1-2H3. The fraction of sp³-hybridized carbons (Fsp3) is 0.0698. The van der Waals surface area contributed by atoms with Crippen molar-refractivity contribution in [1.82, 2.24) is 19.9 Å². The lowest BCUT2D eigenvalue weighted by molar-refractivity contribution is 0.662. The van der Waals surface area contributed by atoms with Crippen LogP contribution < -0.4 is 0 Å². The molecule has 1 aliphatic carbocycles. The second kappa shape index (κ2) is 10.5.